The fourth-order valence-corrected chi connectivity index (χ4v) is 1.39. The summed E-state index contributed by atoms with van der Waals surface area (Å²) >= 11 is 0. The van der Waals surface area contributed by atoms with Crippen molar-refractivity contribution in [3.8, 4) is 0 Å². The molecule has 0 saturated carbocycles. The van der Waals surface area contributed by atoms with Crippen LogP contribution in [-0.4, -0.2) is 33.9 Å². The number of aromatic nitrogens is 2. The van der Waals surface area contributed by atoms with E-state index in [9.17, 15) is 4.79 Å². The Labute approximate surface area is 94.2 Å². The van der Waals surface area contributed by atoms with E-state index in [1.807, 2.05) is 13.8 Å². The van der Waals surface area contributed by atoms with Gasteiger partial charge in [-0.2, -0.15) is 5.10 Å². The molecule has 5 N–H and O–H groups in total. The highest BCUT2D eigenvalue weighted by atomic mass is 16.3. The Morgan fingerprint density at radius 3 is 2.88 bits per heavy atom. The number of amides is 1. The molecule has 1 aromatic rings. The largest absolute Gasteiger partial charge is 0.396 e. The molecule has 1 atom stereocenters. The highest BCUT2D eigenvalue weighted by Crippen LogP contribution is 2.14. The smallest absolute Gasteiger partial charge is 0.274 e. The highest BCUT2D eigenvalue weighted by molar-refractivity contribution is 5.97. The third-order valence-corrected chi connectivity index (χ3v) is 2.39. The number of carbonyl (C=O) groups is 1. The Morgan fingerprint density at radius 1 is 1.69 bits per heavy atom. The molecule has 0 radical (unpaired) electrons. The van der Waals surface area contributed by atoms with Crippen molar-refractivity contribution in [1.29, 1.82) is 0 Å². The van der Waals surface area contributed by atoms with E-state index in [-0.39, 0.29) is 24.2 Å². The molecule has 0 aliphatic carbocycles. The normalized spacial score (nSPS) is 12.4. The van der Waals surface area contributed by atoms with E-state index in [0.717, 1.165) is 5.69 Å². The average molecular weight is 226 g/mol. The van der Waals surface area contributed by atoms with Gasteiger partial charge >= 0.3 is 0 Å². The predicted octanol–water partition coefficient (Wildman–Crippen LogP) is 0.0550. The average Bonchev–Trinajstić information content (AvgIpc) is 2.59. The van der Waals surface area contributed by atoms with Crippen molar-refractivity contribution in [2.45, 2.75) is 32.7 Å². The van der Waals surface area contributed by atoms with Crippen molar-refractivity contribution in [1.82, 2.24) is 15.5 Å². The third kappa shape index (κ3) is 2.73. The van der Waals surface area contributed by atoms with E-state index in [4.69, 9.17) is 10.8 Å². The van der Waals surface area contributed by atoms with Gasteiger partial charge in [-0.25, -0.2) is 0 Å². The number of hydrogen-bond acceptors (Lipinski definition) is 4. The minimum absolute atomic E-state index is 0.0394. The van der Waals surface area contributed by atoms with Crippen LogP contribution in [0.3, 0.4) is 0 Å². The SMILES string of the molecule is CCc1[nH]nc(C(=O)NC(C)CCO)c1N. The number of aliphatic hydroxyl groups excluding tert-OH is 1. The molecule has 1 rings (SSSR count). The molecule has 0 bridgehead atoms. The zero-order valence-corrected chi connectivity index (χ0v) is 9.58. The zero-order chi connectivity index (χ0) is 12.1. The Hall–Kier alpha value is -1.56. The first kappa shape index (κ1) is 12.5. The molecule has 6 nitrogen and oxygen atoms in total. The number of aromatic amines is 1. The second-order valence-corrected chi connectivity index (χ2v) is 3.70. The summed E-state index contributed by atoms with van der Waals surface area (Å²) in [5.41, 5.74) is 7.15. The minimum atomic E-state index is -0.311. The summed E-state index contributed by atoms with van der Waals surface area (Å²) in [6.07, 6.45) is 1.22. The van der Waals surface area contributed by atoms with Gasteiger partial charge in [-0.3, -0.25) is 9.89 Å². The van der Waals surface area contributed by atoms with E-state index in [2.05, 4.69) is 15.5 Å². The summed E-state index contributed by atoms with van der Waals surface area (Å²) in [5.74, 6) is -0.311. The van der Waals surface area contributed by atoms with Crippen LogP contribution in [0.25, 0.3) is 0 Å². The number of rotatable bonds is 5. The van der Waals surface area contributed by atoms with E-state index >= 15 is 0 Å². The number of nitrogens with one attached hydrogen (secondary N) is 2. The molecular weight excluding hydrogens is 208 g/mol. The van der Waals surface area contributed by atoms with Crippen LogP contribution in [0, 0.1) is 0 Å². The van der Waals surface area contributed by atoms with Crippen LogP contribution in [0.2, 0.25) is 0 Å². The van der Waals surface area contributed by atoms with E-state index in [1.165, 1.54) is 0 Å². The fraction of sp³-hybridized carbons (Fsp3) is 0.600. The highest BCUT2D eigenvalue weighted by Gasteiger charge is 2.17. The molecule has 1 unspecified atom stereocenters. The first-order valence-corrected chi connectivity index (χ1v) is 5.34. The second kappa shape index (κ2) is 5.50. The summed E-state index contributed by atoms with van der Waals surface area (Å²) in [4.78, 5) is 11.7. The molecule has 1 heterocycles. The standard InChI is InChI=1S/C10H18N4O2/c1-3-7-8(11)9(14-13-7)10(16)12-6(2)4-5-15/h6,15H,3-5,11H2,1-2H3,(H,12,16)(H,13,14). The van der Waals surface area contributed by atoms with Crippen LogP contribution in [-0.2, 0) is 6.42 Å². The quantitative estimate of drug-likeness (QED) is 0.569. The maximum atomic E-state index is 11.7. The van der Waals surface area contributed by atoms with Crippen LogP contribution in [0.5, 0.6) is 0 Å². The van der Waals surface area contributed by atoms with Gasteiger partial charge in [0.15, 0.2) is 5.69 Å². The minimum Gasteiger partial charge on any atom is -0.396 e. The first-order chi connectivity index (χ1) is 7.60. The topological polar surface area (TPSA) is 104 Å². The van der Waals surface area contributed by atoms with Gasteiger partial charge in [-0.15, -0.1) is 0 Å². The number of nitrogens with zero attached hydrogens (tertiary/aromatic N) is 1. The number of H-pyrrole nitrogens is 1. The summed E-state index contributed by atoms with van der Waals surface area (Å²) in [5, 5.41) is 18.0. The van der Waals surface area contributed by atoms with E-state index in [0.29, 0.717) is 18.5 Å². The Kier molecular flexibility index (Phi) is 4.30. The lowest BCUT2D eigenvalue weighted by Gasteiger charge is -2.11. The van der Waals surface area contributed by atoms with Gasteiger partial charge in [-0.1, -0.05) is 6.92 Å². The molecule has 0 aliphatic rings. The Balaban J connectivity index is 2.69. The van der Waals surface area contributed by atoms with Crippen molar-refractivity contribution in [2.24, 2.45) is 0 Å². The van der Waals surface area contributed by atoms with Crippen LogP contribution in [0.4, 0.5) is 5.69 Å². The molecule has 0 spiro atoms. The molecule has 0 aromatic carbocycles. The van der Waals surface area contributed by atoms with Gasteiger partial charge < -0.3 is 16.2 Å². The zero-order valence-electron chi connectivity index (χ0n) is 9.58. The summed E-state index contributed by atoms with van der Waals surface area (Å²) in [7, 11) is 0. The van der Waals surface area contributed by atoms with Gasteiger partial charge in [0, 0.05) is 12.6 Å². The molecule has 0 fully saturated rings. The van der Waals surface area contributed by atoms with Crippen LogP contribution >= 0.6 is 0 Å². The number of aryl methyl sites for hydroxylation is 1. The van der Waals surface area contributed by atoms with Crippen molar-refractivity contribution in [3.63, 3.8) is 0 Å². The predicted molar refractivity (Wildman–Crippen MR) is 61.0 cm³/mol. The van der Waals surface area contributed by atoms with Crippen molar-refractivity contribution >= 4 is 11.6 Å². The van der Waals surface area contributed by atoms with Gasteiger partial charge in [0.05, 0.1) is 11.4 Å². The van der Waals surface area contributed by atoms with Crippen LogP contribution in [0.1, 0.15) is 36.5 Å². The lowest BCUT2D eigenvalue weighted by Crippen LogP contribution is -2.33. The van der Waals surface area contributed by atoms with Crippen molar-refractivity contribution in [3.05, 3.63) is 11.4 Å². The van der Waals surface area contributed by atoms with E-state index in [1.54, 1.807) is 0 Å². The second-order valence-electron chi connectivity index (χ2n) is 3.70. The van der Waals surface area contributed by atoms with Gasteiger partial charge in [0.2, 0.25) is 0 Å². The summed E-state index contributed by atoms with van der Waals surface area (Å²) in [6, 6.07) is -0.0984. The molecule has 90 valence electrons. The number of nitrogens with two attached hydrogens (primary N) is 1. The maximum Gasteiger partial charge on any atom is 0.274 e. The molecule has 0 saturated heterocycles. The number of anilines is 1. The maximum absolute atomic E-state index is 11.7. The van der Waals surface area contributed by atoms with Crippen molar-refractivity contribution < 1.29 is 9.90 Å². The first-order valence-electron chi connectivity index (χ1n) is 5.34. The molecule has 1 aromatic heterocycles. The van der Waals surface area contributed by atoms with Crippen LogP contribution in [0.15, 0.2) is 0 Å². The molecule has 16 heavy (non-hydrogen) atoms. The van der Waals surface area contributed by atoms with E-state index < -0.39 is 0 Å². The fourth-order valence-electron chi connectivity index (χ4n) is 1.39. The van der Waals surface area contributed by atoms with Gasteiger partial charge in [0.1, 0.15) is 0 Å². The monoisotopic (exact) mass is 226 g/mol. The summed E-state index contributed by atoms with van der Waals surface area (Å²) < 4.78 is 0. The van der Waals surface area contributed by atoms with Gasteiger partial charge in [-0.05, 0) is 19.8 Å². The van der Waals surface area contributed by atoms with Crippen LogP contribution < -0.4 is 11.1 Å². The number of nitrogen functional groups attached to an aromatic ring is 1. The molecule has 1 amide bonds. The Morgan fingerprint density at radius 2 is 2.38 bits per heavy atom. The van der Waals surface area contributed by atoms with Crippen molar-refractivity contribution in [2.75, 3.05) is 12.3 Å². The molecular formula is C10H18N4O2. The molecule has 0 aliphatic heterocycles. The summed E-state index contributed by atoms with van der Waals surface area (Å²) in [6.45, 7) is 3.79. The van der Waals surface area contributed by atoms with Gasteiger partial charge in [0.25, 0.3) is 5.91 Å². The number of aliphatic hydroxyl groups is 1. The lowest BCUT2D eigenvalue weighted by molar-refractivity contribution is 0.0930. The Bertz CT molecular complexity index is 362. The molecule has 6 heteroatoms. The number of carbonyl (C=O) groups excluding carboxylic acids is 1. The lowest BCUT2D eigenvalue weighted by atomic mass is 10.2. The third-order valence-electron chi connectivity index (χ3n) is 2.39. The number of hydrogen-bond donors (Lipinski definition) is 4.